The minimum atomic E-state index is 0.0362. The second-order valence-electron chi connectivity index (χ2n) is 3.40. The molecule has 4 nitrogen and oxygen atoms in total. The standard InChI is InChI=1S/C10H22N4/c1-3-5-6-8-9(7-4-2)13-14-10(11)12/h3-8H2,1-2H3,(H4,11,12,14). The van der Waals surface area contributed by atoms with Gasteiger partial charge in [-0.3, -0.25) is 0 Å². The fraction of sp³-hybridized carbons (Fsp3) is 0.800. The van der Waals surface area contributed by atoms with E-state index in [4.69, 9.17) is 11.5 Å². The van der Waals surface area contributed by atoms with Crippen molar-refractivity contribution in [3.8, 4) is 0 Å². The summed E-state index contributed by atoms with van der Waals surface area (Å²) in [4.78, 5) is 0. The van der Waals surface area contributed by atoms with Crippen LogP contribution in [0.2, 0.25) is 0 Å². The fourth-order valence-electron chi connectivity index (χ4n) is 1.22. The maximum absolute atomic E-state index is 5.21. The number of hydrogen-bond acceptors (Lipinski definition) is 2. The number of guanidine groups is 1. The second-order valence-corrected chi connectivity index (χ2v) is 3.40. The Hall–Kier alpha value is -1.06. The molecule has 0 saturated heterocycles. The summed E-state index contributed by atoms with van der Waals surface area (Å²) in [5, 5.41) is 7.72. The van der Waals surface area contributed by atoms with Crippen molar-refractivity contribution in [2.75, 3.05) is 0 Å². The minimum Gasteiger partial charge on any atom is -0.369 e. The first-order valence-corrected chi connectivity index (χ1v) is 5.35. The third kappa shape index (κ3) is 7.58. The highest BCUT2D eigenvalue weighted by atomic mass is 15.3. The molecule has 0 aromatic carbocycles. The van der Waals surface area contributed by atoms with Gasteiger partial charge in [0.05, 0.1) is 0 Å². The molecule has 14 heavy (non-hydrogen) atoms. The number of unbranched alkanes of at least 4 members (excludes halogenated alkanes) is 2. The highest BCUT2D eigenvalue weighted by Crippen LogP contribution is 2.05. The summed E-state index contributed by atoms with van der Waals surface area (Å²) in [5.41, 5.74) is 11.5. The number of nitrogens with zero attached hydrogens (tertiary/aromatic N) is 2. The molecule has 0 atom stereocenters. The van der Waals surface area contributed by atoms with Crippen molar-refractivity contribution in [2.45, 2.75) is 52.4 Å². The molecular weight excluding hydrogens is 176 g/mol. The van der Waals surface area contributed by atoms with Crippen LogP contribution in [0.15, 0.2) is 10.2 Å². The lowest BCUT2D eigenvalue weighted by Gasteiger charge is -2.02. The topological polar surface area (TPSA) is 76.8 Å². The van der Waals surface area contributed by atoms with Gasteiger partial charge in [-0.2, -0.15) is 5.10 Å². The molecule has 4 N–H and O–H groups in total. The van der Waals surface area contributed by atoms with Crippen molar-refractivity contribution in [1.82, 2.24) is 0 Å². The zero-order valence-electron chi connectivity index (χ0n) is 9.29. The van der Waals surface area contributed by atoms with Crippen LogP contribution in [0.4, 0.5) is 0 Å². The van der Waals surface area contributed by atoms with E-state index in [1.807, 2.05) is 0 Å². The van der Waals surface area contributed by atoms with E-state index in [2.05, 4.69) is 24.1 Å². The molecule has 0 aliphatic heterocycles. The predicted molar refractivity (Wildman–Crippen MR) is 62.3 cm³/mol. The molecule has 0 fully saturated rings. The summed E-state index contributed by atoms with van der Waals surface area (Å²) in [6.45, 7) is 4.32. The molecule has 0 aromatic heterocycles. The monoisotopic (exact) mass is 198 g/mol. The molecular formula is C10H22N4. The lowest BCUT2D eigenvalue weighted by molar-refractivity contribution is 0.732. The molecule has 0 unspecified atom stereocenters. The van der Waals surface area contributed by atoms with Gasteiger partial charge in [0.1, 0.15) is 0 Å². The Labute approximate surface area is 86.5 Å². The highest BCUT2D eigenvalue weighted by molar-refractivity contribution is 5.85. The van der Waals surface area contributed by atoms with E-state index in [-0.39, 0.29) is 5.96 Å². The Kier molecular flexibility index (Phi) is 7.89. The first-order valence-electron chi connectivity index (χ1n) is 5.35. The van der Waals surface area contributed by atoms with Gasteiger partial charge < -0.3 is 11.5 Å². The molecule has 0 amide bonds. The summed E-state index contributed by atoms with van der Waals surface area (Å²) in [5.74, 6) is 0.0362. The molecule has 0 rings (SSSR count). The average molecular weight is 198 g/mol. The van der Waals surface area contributed by atoms with E-state index in [9.17, 15) is 0 Å². The van der Waals surface area contributed by atoms with Crippen LogP contribution in [0.1, 0.15) is 52.4 Å². The Bertz CT molecular complexity index is 192. The molecule has 4 heteroatoms. The summed E-state index contributed by atoms with van der Waals surface area (Å²) in [6, 6.07) is 0. The highest BCUT2D eigenvalue weighted by Gasteiger charge is 1.97. The van der Waals surface area contributed by atoms with Crippen LogP contribution in [0.25, 0.3) is 0 Å². The average Bonchev–Trinajstić information content (AvgIpc) is 2.14. The van der Waals surface area contributed by atoms with Gasteiger partial charge in [0.25, 0.3) is 0 Å². The van der Waals surface area contributed by atoms with Crippen LogP contribution >= 0.6 is 0 Å². The Morgan fingerprint density at radius 3 is 2.14 bits per heavy atom. The van der Waals surface area contributed by atoms with Gasteiger partial charge in [0.2, 0.25) is 5.96 Å². The van der Waals surface area contributed by atoms with Gasteiger partial charge in [0, 0.05) is 5.71 Å². The van der Waals surface area contributed by atoms with Crippen LogP contribution in [0, 0.1) is 0 Å². The molecule has 0 aliphatic carbocycles. The van der Waals surface area contributed by atoms with Crippen molar-refractivity contribution >= 4 is 11.7 Å². The van der Waals surface area contributed by atoms with Crippen LogP contribution in [0.3, 0.4) is 0 Å². The van der Waals surface area contributed by atoms with Gasteiger partial charge in [0.15, 0.2) is 0 Å². The van der Waals surface area contributed by atoms with E-state index in [0.717, 1.165) is 25.0 Å². The first kappa shape index (κ1) is 12.9. The van der Waals surface area contributed by atoms with Gasteiger partial charge in [-0.25, -0.2) is 0 Å². The normalized spacial score (nSPS) is 11.4. The van der Waals surface area contributed by atoms with Crippen LogP contribution in [0.5, 0.6) is 0 Å². The van der Waals surface area contributed by atoms with Gasteiger partial charge in [-0.15, -0.1) is 5.10 Å². The molecule has 82 valence electrons. The van der Waals surface area contributed by atoms with Gasteiger partial charge >= 0.3 is 0 Å². The lowest BCUT2D eigenvalue weighted by atomic mass is 10.1. The van der Waals surface area contributed by atoms with Crippen LogP contribution in [-0.2, 0) is 0 Å². The second kappa shape index (κ2) is 8.53. The molecule has 0 radical (unpaired) electrons. The van der Waals surface area contributed by atoms with Crippen molar-refractivity contribution in [3.05, 3.63) is 0 Å². The Morgan fingerprint density at radius 2 is 1.64 bits per heavy atom. The smallest absolute Gasteiger partial charge is 0.211 e. The van der Waals surface area contributed by atoms with Crippen molar-refractivity contribution in [3.63, 3.8) is 0 Å². The maximum Gasteiger partial charge on any atom is 0.211 e. The number of rotatable bonds is 7. The van der Waals surface area contributed by atoms with E-state index < -0.39 is 0 Å². The molecule has 0 saturated carbocycles. The number of hydrogen-bond donors (Lipinski definition) is 2. The fourth-order valence-corrected chi connectivity index (χ4v) is 1.22. The first-order chi connectivity index (χ1) is 6.70. The summed E-state index contributed by atoms with van der Waals surface area (Å²) in [6.07, 6.45) is 6.73. The van der Waals surface area contributed by atoms with Crippen molar-refractivity contribution in [1.29, 1.82) is 0 Å². The predicted octanol–water partition coefficient (Wildman–Crippen LogP) is 2.00. The molecule has 0 spiro atoms. The third-order valence-corrected chi connectivity index (χ3v) is 1.91. The zero-order chi connectivity index (χ0) is 10.8. The maximum atomic E-state index is 5.21. The summed E-state index contributed by atoms with van der Waals surface area (Å²) < 4.78 is 0. The largest absolute Gasteiger partial charge is 0.369 e. The van der Waals surface area contributed by atoms with E-state index in [0.29, 0.717) is 0 Å². The van der Waals surface area contributed by atoms with E-state index in [1.54, 1.807) is 0 Å². The van der Waals surface area contributed by atoms with Crippen LogP contribution in [-0.4, -0.2) is 11.7 Å². The lowest BCUT2D eigenvalue weighted by Crippen LogP contribution is -2.22. The number of nitrogens with two attached hydrogens (primary N) is 2. The van der Waals surface area contributed by atoms with Gasteiger partial charge in [-0.05, 0) is 19.3 Å². The van der Waals surface area contributed by atoms with Gasteiger partial charge in [-0.1, -0.05) is 33.1 Å². The molecule has 0 bridgehead atoms. The molecule has 0 aliphatic rings. The summed E-state index contributed by atoms with van der Waals surface area (Å²) in [7, 11) is 0. The SMILES string of the molecule is CCCCCC(CCC)=NN=C(N)N. The zero-order valence-corrected chi connectivity index (χ0v) is 9.29. The Balaban J connectivity index is 4.00. The summed E-state index contributed by atoms with van der Waals surface area (Å²) >= 11 is 0. The third-order valence-electron chi connectivity index (χ3n) is 1.91. The van der Waals surface area contributed by atoms with Crippen LogP contribution < -0.4 is 11.5 Å². The van der Waals surface area contributed by atoms with Crippen molar-refractivity contribution in [2.24, 2.45) is 21.7 Å². The molecule has 0 heterocycles. The Morgan fingerprint density at radius 1 is 0.929 bits per heavy atom. The minimum absolute atomic E-state index is 0.0362. The van der Waals surface area contributed by atoms with E-state index in [1.165, 1.54) is 19.3 Å². The molecule has 0 aromatic rings. The van der Waals surface area contributed by atoms with E-state index >= 15 is 0 Å². The van der Waals surface area contributed by atoms with Crippen molar-refractivity contribution < 1.29 is 0 Å². The quantitative estimate of drug-likeness (QED) is 0.284.